The lowest BCUT2D eigenvalue weighted by atomic mass is 9.96. The minimum Gasteiger partial charge on any atom is -0.493 e. The van der Waals surface area contributed by atoms with Gasteiger partial charge in [-0.25, -0.2) is 9.78 Å². The Morgan fingerprint density at radius 3 is 2.66 bits per heavy atom. The van der Waals surface area contributed by atoms with Crippen LogP contribution in [0.25, 0.3) is 0 Å². The van der Waals surface area contributed by atoms with Gasteiger partial charge in [0.2, 0.25) is 0 Å². The molecule has 3 aliphatic rings. The van der Waals surface area contributed by atoms with Crippen LogP contribution in [0.1, 0.15) is 64.4 Å². The fraction of sp³-hybridized carbons (Fsp3) is 0.480. The molecule has 0 saturated carbocycles. The van der Waals surface area contributed by atoms with Crippen molar-refractivity contribution in [1.82, 2.24) is 10.3 Å². The number of carbonyl (C=O) groups excluding carboxylic acids is 2. The Bertz CT molecular complexity index is 1020. The Hall–Kier alpha value is -3.09. The lowest BCUT2D eigenvalue weighted by Gasteiger charge is -2.40. The second-order valence-corrected chi connectivity index (χ2v) is 8.88. The fourth-order valence-corrected chi connectivity index (χ4v) is 5.46. The Labute approximate surface area is 188 Å². The van der Waals surface area contributed by atoms with Crippen molar-refractivity contribution in [2.45, 2.75) is 64.1 Å². The van der Waals surface area contributed by atoms with Gasteiger partial charge < -0.3 is 19.7 Å². The molecule has 168 valence electrons. The van der Waals surface area contributed by atoms with Crippen molar-refractivity contribution < 1.29 is 19.1 Å². The first-order valence-electron chi connectivity index (χ1n) is 11.5. The lowest BCUT2D eigenvalue weighted by molar-refractivity contribution is 0.0525. The van der Waals surface area contributed by atoms with Gasteiger partial charge >= 0.3 is 5.97 Å². The summed E-state index contributed by atoms with van der Waals surface area (Å²) < 4.78 is 10.8. The zero-order valence-corrected chi connectivity index (χ0v) is 18.6. The molecule has 0 radical (unpaired) electrons. The predicted octanol–water partition coefficient (Wildman–Crippen LogP) is 3.43. The van der Waals surface area contributed by atoms with Gasteiger partial charge in [0.25, 0.3) is 5.91 Å². The molecule has 4 heterocycles. The molecule has 7 nitrogen and oxygen atoms in total. The maximum absolute atomic E-state index is 13.0. The maximum Gasteiger partial charge on any atom is 0.339 e. The average molecular weight is 436 g/mol. The SMILES string of the molecule is CCOC(=O)c1ccc(N2[C@@H]3CC[C@H]2C[C@@H](NC(=O)c2ccc4c(c2C)OCC4)C3)nc1. The summed E-state index contributed by atoms with van der Waals surface area (Å²) >= 11 is 0. The van der Waals surface area contributed by atoms with Gasteiger partial charge in [0.05, 0.1) is 18.8 Å². The van der Waals surface area contributed by atoms with E-state index in [1.54, 1.807) is 19.2 Å². The van der Waals surface area contributed by atoms with E-state index in [2.05, 4.69) is 15.2 Å². The molecule has 1 amide bonds. The van der Waals surface area contributed by atoms with Gasteiger partial charge in [0.1, 0.15) is 11.6 Å². The number of ether oxygens (including phenoxy) is 2. The van der Waals surface area contributed by atoms with Gasteiger partial charge in [-0.1, -0.05) is 6.07 Å². The minimum absolute atomic E-state index is 0.0180. The highest BCUT2D eigenvalue weighted by molar-refractivity contribution is 5.96. The second kappa shape index (κ2) is 8.45. The van der Waals surface area contributed by atoms with Crippen LogP contribution in [0.5, 0.6) is 5.75 Å². The third-order valence-corrected chi connectivity index (χ3v) is 6.94. The molecule has 3 atom stereocenters. The molecule has 2 fully saturated rings. The van der Waals surface area contributed by atoms with Crippen LogP contribution < -0.4 is 15.0 Å². The van der Waals surface area contributed by atoms with Crippen LogP contribution in [0.4, 0.5) is 5.82 Å². The number of anilines is 1. The van der Waals surface area contributed by atoms with E-state index in [4.69, 9.17) is 9.47 Å². The first-order chi connectivity index (χ1) is 15.5. The van der Waals surface area contributed by atoms with E-state index in [1.165, 1.54) is 5.56 Å². The molecule has 5 rings (SSSR count). The van der Waals surface area contributed by atoms with Crippen LogP contribution >= 0.6 is 0 Å². The first-order valence-corrected chi connectivity index (χ1v) is 11.5. The molecule has 7 heteroatoms. The maximum atomic E-state index is 13.0. The fourth-order valence-electron chi connectivity index (χ4n) is 5.46. The molecule has 0 aliphatic carbocycles. The van der Waals surface area contributed by atoms with Crippen molar-refractivity contribution in [2.75, 3.05) is 18.1 Å². The number of benzene rings is 1. The average Bonchev–Trinajstić information content (AvgIpc) is 3.37. The highest BCUT2D eigenvalue weighted by Gasteiger charge is 2.42. The number of aromatic nitrogens is 1. The molecular weight excluding hydrogens is 406 g/mol. The van der Waals surface area contributed by atoms with E-state index < -0.39 is 0 Å². The summed E-state index contributed by atoms with van der Waals surface area (Å²) in [4.78, 5) is 31.9. The lowest BCUT2D eigenvalue weighted by Crippen LogP contribution is -2.50. The predicted molar refractivity (Wildman–Crippen MR) is 120 cm³/mol. The van der Waals surface area contributed by atoms with Crippen LogP contribution in [0.15, 0.2) is 30.5 Å². The van der Waals surface area contributed by atoms with Crippen molar-refractivity contribution in [2.24, 2.45) is 0 Å². The van der Waals surface area contributed by atoms with E-state index in [9.17, 15) is 9.59 Å². The standard InChI is InChI=1S/C25H29N3O4/c1-3-31-25(30)17-5-9-22(26-14-17)28-19-6-7-20(28)13-18(12-19)27-24(29)21-8-4-16-10-11-32-23(16)15(21)2/h4-5,8-9,14,18-20H,3,6-7,10-13H2,1-2H3,(H,27,29)/t18-,19+,20-. The van der Waals surface area contributed by atoms with E-state index >= 15 is 0 Å². The Kier molecular flexibility index (Phi) is 5.49. The second-order valence-electron chi connectivity index (χ2n) is 8.88. The summed E-state index contributed by atoms with van der Waals surface area (Å²) in [6.45, 7) is 4.80. The zero-order chi connectivity index (χ0) is 22.2. The highest BCUT2D eigenvalue weighted by atomic mass is 16.5. The summed E-state index contributed by atoms with van der Waals surface area (Å²) in [5.74, 6) is 1.41. The van der Waals surface area contributed by atoms with Gasteiger partial charge in [-0.05, 0) is 63.3 Å². The Morgan fingerprint density at radius 2 is 1.97 bits per heavy atom. The van der Waals surface area contributed by atoms with E-state index in [0.29, 0.717) is 36.4 Å². The van der Waals surface area contributed by atoms with Gasteiger partial charge in [0.15, 0.2) is 0 Å². The van der Waals surface area contributed by atoms with Crippen molar-refractivity contribution in [3.8, 4) is 5.75 Å². The number of rotatable bonds is 5. The number of esters is 1. The van der Waals surface area contributed by atoms with Gasteiger partial charge in [-0.3, -0.25) is 4.79 Å². The third kappa shape index (κ3) is 3.70. The molecule has 0 spiro atoms. The molecule has 2 bridgehead atoms. The zero-order valence-electron chi connectivity index (χ0n) is 18.6. The number of hydrogen-bond acceptors (Lipinski definition) is 6. The van der Waals surface area contributed by atoms with Gasteiger partial charge in [-0.2, -0.15) is 0 Å². The molecule has 2 aromatic rings. The molecule has 32 heavy (non-hydrogen) atoms. The number of nitrogens with zero attached hydrogens (tertiary/aromatic N) is 2. The van der Waals surface area contributed by atoms with Crippen LogP contribution in [-0.4, -0.2) is 48.2 Å². The summed E-state index contributed by atoms with van der Waals surface area (Å²) in [5, 5.41) is 3.28. The van der Waals surface area contributed by atoms with Crippen molar-refractivity contribution in [3.63, 3.8) is 0 Å². The topological polar surface area (TPSA) is 80.8 Å². The molecule has 0 unspecified atom stereocenters. The van der Waals surface area contributed by atoms with Crippen molar-refractivity contribution in [3.05, 3.63) is 52.7 Å². The van der Waals surface area contributed by atoms with Crippen LogP contribution in [0.3, 0.4) is 0 Å². The normalized spacial score (nSPS) is 23.4. The number of piperidine rings is 1. The molecule has 1 aromatic carbocycles. The van der Waals surface area contributed by atoms with Crippen LogP contribution in [0, 0.1) is 6.92 Å². The third-order valence-electron chi connectivity index (χ3n) is 6.94. The van der Waals surface area contributed by atoms with E-state index in [-0.39, 0.29) is 17.9 Å². The Balaban J connectivity index is 1.26. The highest BCUT2D eigenvalue weighted by Crippen LogP contribution is 2.39. The number of nitrogens with one attached hydrogen (secondary N) is 1. The monoisotopic (exact) mass is 435 g/mol. The summed E-state index contributed by atoms with van der Waals surface area (Å²) in [6, 6.07) is 8.45. The molecule has 1 aromatic heterocycles. The van der Waals surface area contributed by atoms with Gasteiger partial charge in [0, 0.05) is 41.9 Å². The first kappa shape index (κ1) is 20.8. The van der Waals surface area contributed by atoms with Crippen molar-refractivity contribution in [1.29, 1.82) is 0 Å². The Morgan fingerprint density at radius 1 is 1.19 bits per heavy atom. The van der Waals surface area contributed by atoms with Gasteiger partial charge in [-0.15, -0.1) is 0 Å². The number of carbonyl (C=O) groups is 2. The number of hydrogen-bond donors (Lipinski definition) is 1. The van der Waals surface area contributed by atoms with Crippen molar-refractivity contribution >= 4 is 17.7 Å². The summed E-state index contributed by atoms with van der Waals surface area (Å²) in [7, 11) is 0. The largest absolute Gasteiger partial charge is 0.493 e. The molecule has 2 saturated heterocycles. The number of pyridine rings is 1. The quantitative estimate of drug-likeness (QED) is 0.725. The molecule has 1 N–H and O–H groups in total. The van der Waals surface area contributed by atoms with Crippen LogP contribution in [-0.2, 0) is 11.2 Å². The van der Waals surface area contributed by atoms with E-state index in [1.807, 2.05) is 25.1 Å². The smallest absolute Gasteiger partial charge is 0.339 e. The summed E-state index contributed by atoms with van der Waals surface area (Å²) in [6.07, 6.45) is 6.47. The minimum atomic E-state index is -0.344. The van der Waals surface area contributed by atoms with E-state index in [0.717, 1.165) is 49.2 Å². The molecular formula is C25H29N3O4. The molecule has 3 aliphatic heterocycles. The number of amides is 1. The summed E-state index contributed by atoms with van der Waals surface area (Å²) in [5.41, 5.74) is 3.30. The van der Waals surface area contributed by atoms with Crippen LogP contribution in [0.2, 0.25) is 0 Å². The number of fused-ring (bicyclic) bond motifs is 3.